The number of anilines is 3. The number of rotatable bonds is 6. The number of nitrogens with zero attached hydrogens (tertiary/aromatic N) is 3. The number of nitrogens with one attached hydrogen (secondary N) is 1. The molecule has 7 nitrogen and oxygen atoms in total. The lowest BCUT2D eigenvalue weighted by Gasteiger charge is -2.19. The van der Waals surface area contributed by atoms with Crippen molar-refractivity contribution < 1.29 is 14.3 Å². The van der Waals surface area contributed by atoms with Crippen molar-refractivity contribution >= 4 is 44.7 Å². The van der Waals surface area contributed by atoms with Crippen molar-refractivity contribution in [3.8, 4) is 11.5 Å². The quantitative estimate of drug-likeness (QED) is 0.458. The third kappa shape index (κ3) is 3.89. The Morgan fingerprint density at radius 1 is 1.03 bits per heavy atom. The molecule has 2 aromatic carbocycles. The van der Waals surface area contributed by atoms with Crippen molar-refractivity contribution in [3.05, 3.63) is 65.3 Å². The molecule has 0 radical (unpaired) electrons. The molecule has 4 rings (SSSR count). The molecule has 1 N–H and O–H groups in total. The van der Waals surface area contributed by atoms with E-state index in [1.807, 2.05) is 49.2 Å². The van der Waals surface area contributed by atoms with Gasteiger partial charge in [0.05, 0.1) is 24.5 Å². The average molecular weight is 435 g/mol. The Morgan fingerprint density at radius 3 is 2.48 bits per heavy atom. The predicted molar refractivity (Wildman–Crippen MR) is 124 cm³/mol. The fourth-order valence-corrected chi connectivity index (χ4v) is 4.44. The summed E-state index contributed by atoms with van der Waals surface area (Å²) in [5, 5.41) is 3.81. The second-order valence-corrected chi connectivity index (χ2v) is 7.85. The number of carbonyl (C=O) groups excluding carboxylic acids is 1. The molecule has 0 bridgehead atoms. The van der Waals surface area contributed by atoms with Gasteiger partial charge in [-0.1, -0.05) is 18.2 Å². The number of methoxy groups -OCH3 is 2. The van der Waals surface area contributed by atoms with Crippen LogP contribution in [0.1, 0.15) is 15.2 Å². The number of benzene rings is 2. The third-order valence-corrected chi connectivity index (χ3v) is 6.21. The van der Waals surface area contributed by atoms with Gasteiger partial charge in [0.2, 0.25) is 0 Å². The van der Waals surface area contributed by atoms with Crippen LogP contribution in [-0.2, 0) is 0 Å². The van der Waals surface area contributed by atoms with Gasteiger partial charge in [0.1, 0.15) is 17.0 Å². The van der Waals surface area contributed by atoms with E-state index in [9.17, 15) is 4.79 Å². The maximum atomic E-state index is 13.1. The molecule has 2 aromatic heterocycles. The van der Waals surface area contributed by atoms with E-state index in [1.165, 1.54) is 17.7 Å². The van der Waals surface area contributed by atoms with E-state index < -0.39 is 0 Å². The summed E-state index contributed by atoms with van der Waals surface area (Å²) in [6.45, 7) is 1.92. The summed E-state index contributed by atoms with van der Waals surface area (Å²) in [5.41, 5.74) is 2.47. The lowest BCUT2D eigenvalue weighted by atomic mass is 10.1. The van der Waals surface area contributed by atoms with E-state index in [0.29, 0.717) is 22.1 Å². The van der Waals surface area contributed by atoms with Crippen molar-refractivity contribution in [2.24, 2.45) is 0 Å². The highest BCUT2D eigenvalue weighted by Gasteiger charge is 2.21. The largest absolute Gasteiger partial charge is 0.493 e. The van der Waals surface area contributed by atoms with E-state index in [0.717, 1.165) is 27.3 Å². The van der Waals surface area contributed by atoms with Crippen LogP contribution in [0.4, 0.5) is 17.2 Å². The smallest absolute Gasteiger partial charge is 0.266 e. The molecule has 0 atom stereocenters. The first-order valence-corrected chi connectivity index (χ1v) is 10.4. The van der Waals surface area contributed by atoms with E-state index in [4.69, 9.17) is 9.47 Å². The lowest BCUT2D eigenvalue weighted by molar-refractivity contribution is 0.103. The molecule has 8 heteroatoms. The van der Waals surface area contributed by atoms with Gasteiger partial charge >= 0.3 is 0 Å². The van der Waals surface area contributed by atoms with Crippen LogP contribution in [-0.4, -0.2) is 37.1 Å². The van der Waals surface area contributed by atoms with Gasteiger partial charge < -0.3 is 19.7 Å². The van der Waals surface area contributed by atoms with E-state index in [2.05, 4.69) is 15.3 Å². The molecule has 1 amide bonds. The number of para-hydroxylation sites is 1. The topological polar surface area (TPSA) is 76.6 Å². The van der Waals surface area contributed by atoms with Gasteiger partial charge in [-0.05, 0) is 36.8 Å². The zero-order valence-corrected chi connectivity index (χ0v) is 18.5. The second kappa shape index (κ2) is 8.61. The fraction of sp³-hybridized carbons (Fsp3) is 0.174. The number of ether oxygens (including phenoxy) is 2. The van der Waals surface area contributed by atoms with Crippen molar-refractivity contribution in [1.29, 1.82) is 0 Å². The van der Waals surface area contributed by atoms with E-state index in [1.54, 1.807) is 32.4 Å². The highest BCUT2D eigenvalue weighted by atomic mass is 32.1. The molecule has 0 aliphatic rings. The number of hydrogen-bond donors (Lipinski definition) is 1. The second-order valence-electron chi connectivity index (χ2n) is 6.85. The zero-order chi connectivity index (χ0) is 22.0. The van der Waals surface area contributed by atoms with E-state index in [-0.39, 0.29) is 5.91 Å². The minimum atomic E-state index is -0.207. The Balaban J connectivity index is 1.69. The van der Waals surface area contributed by atoms with Crippen LogP contribution in [0.2, 0.25) is 0 Å². The molecule has 0 aliphatic heterocycles. The van der Waals surface area contributed by atoms with Crippen molar-refractivity contribution in [2.75, 3.05) is 31.5 Å². The van der Waals surface area contributed by atoms with Gasteiger partial charge in [-0.3, -0.25) is 4.79 Å². The number of carbonyl (C=O) groups is 1. The average Bonchev–Trinajstić information content (AvgIpc) is 3.16. The van der Waals surface area contributed by atoms with Gasteiger partial charge in [-0.15, -0.1) is 11.3 Å². The van der Waals surface area contributed by atoms with Crippen molar-refractivity contribution in [1.82, 2.24) is 9.97 Å². The first-order valence-electron chi connectivity index (χ1n) is 9.59. The standard InChI is InChI=1S/C23H22N4O3S/c1-14-19-21(27(2)16-8-6-5-7-9-16)24-13-25-23(19)31-20(14)22(28)26-15-10-11-17(29-3)18(12-15)30-4/h5-13H,1-4H3,(H,26,28). The Hall–Kier alpha value is -3.65. The van der Waals surface area contributed by atoms with Gasteiger partial charge in [0.15, 0.2) is 11.5 Å². The number of amides is 1. The SMILES string of the molecule is COc1ccc(NC(=O)c2sc3ncnc(N(C)c4ccccc4)c3c2C)cc1OC. The summed E-state index contributed by atoms with van der Waals surface area (Å²) >= 11 is 1.35. The van der Waals surface area contributed by atoms with Crippen LogP contribution in [0.3, 0.4) is 0 Å². The maximum absolute atomic E-state index is 13.1. The van der Waals surface area contributed by atoms with Gasteiger partial charge in [-0.2, -0.15) is 0 Å². The number of fused-ring (bicyclic) bond motifs is 1. The molecule has 0 saturated heterocycles. The lowest BCUT2D eigenvalue weighted by Crippen LogP contribution is -2.13. The highest BCUT2D eigenvalue weighted by Crippen LogP contribution is 2.37. The maximum Gasteiger partial charge on any atom is 0.266 e. The highest BCUT2D eigenvalue weighted by molar-refractivity contribution is 7.20. The molecule has 4 aromatic rings. The molecule has 0 aliphatic carbocycles. The Kier molecular flexibility index (Phi) is 5.73. The molecule has 0 spiro atoms. The molecule has 31 heavy (non-hydrogen) atoms. The van der Waals surface area contributed by atoms with Gasteiger partial charge in [0, 0.05) is 24.5 Å². The van der Waals surface area contributed by atoms with Gasteiger partial charge in [-0.25, -0.2) is 9.97 Å². The van der Waals surface area contributed by atoms with Crippen LogP contribution in [0.25, 0.3) is 10.2 Å². The summed E-state index contributed by atoms with van der Waals surface area (Å²) in [6.07, 6.45) is 1.53. The summed E-state index contributed by atoms with van der Waals surface area (Å²) in [5.74, 6) is 1.70. The molecule has 158 valence electrons. The summed E-state index contributed by atoms with van der Waals surface area (Å²) < 4.78 is 10.6. The molecule has 0 saturated carbocycles. The number of aromatic nitrogens is 2. The molecule has 0 unspecified atom stereocenters. The van der Waals surface area contributed by atoms with Crippen LogP contribution < -0.4 is 19.7 Å². The predicted octanol–water partition coefficient (Wildman–Crippen LogP) is 5.04. The Labute approximate surface area is 184 Å². The van der Waals surface area contributed by atoms with E-state index >= 15 is 0 Å². The van der Waals surface area contributed by atoms with Crippen LogP contribution in [0.5, 0.6) is 11.5 Å². The molecule has 2 heterocycles. The summed E-state index contributed by atoms with van der Waals surface area (Å²) in [4.78, 5) is 25.3. The van der Waals surface area contributed by atoms with Crippen LogP contribution in [0.15, 0.2) is 54.9 Å². The normalized spacial score (nSPS) is 10.7. The number of hydrogen-bond acceptors (Lipinski definition) is 7. The first kappa shape index (κ1) is 20.6. The number of aryl methyl sites for hydroxylation is 1. The zero-order valence-electron chi connectivity index (χ0n) is 17.7. The number of thiophene rings is 1. The first-order chi connectivity index (χ1) is 15.0. The minimum absolute atomic E-state index is 0.207. The van der Waals surface area contributed by atoms with Gasteiger partial charge in [0.25, 0.3) is 5.91 Å². The summed E-state index contributed by atoms with van der Waals surface area (Å²) in [7, 11) is 5.09. The molecular weight excluding hydrogens is 412 g/mol. The monoisotopic (exact) mass is 434 g/mol. The molecule has 0 fully saturated rings. The summed E-state index contributed by atoms with van der Waals surface area (Å²) in [6, 6.07) is 15.2. The van der Waals surface area contributed by atoms with Crippen LogP contribution in [0, 0.1) is 6.92 Å². The minimum Gasteiger partial charge on any atom is -0.493 e. The third-order valence-electron chi connectivity index (χ3n) is 5.02. The fourth-order valence-electron chi connectivity index (χ4n) is 3.40. The molecular formula is C23H22N4O3S. The Morgan fingerprint density at radius 2 is 1.77 bits per heavy atom. The Bertz CT molecular complexity index is 1240. The van der Waals surface area contributed by atoms with Crippen molar-refractivity contribution in [2.45, 2.75) is 6.92 Å². The van der Waals surface area contributed by atoms with Crippen molar-refractivity contribution in [3.63, 3.8) is 0 Å². The van der Waals surface area contributed by atoms with Crippen LogP contribution >= 0.6 is 11.3 Å².